The predicted molar refractivity (Wildman–Crippen MR) is 71.3 cm³/mol. The van der Waals surface area contributed by atoms with Crippen molar-refractivity contribution >= 4 is 21.5 Å². The number of rotatable bonds is 4. The van der Waals surface area contributed by atoms with Gasteiger partial charge in [0.15, 0.2) is 0 Å². The lowest BCUT2D eigenvalue weighted by molar-refractivity contribution is 0.147. The van der Waals surface area contributed by atoms with Crippen LogP contribution in [0, 0.1) is 10.7 Å². The average molecular weight is 270 g/mol. The van der Waals surface area contributed by atoms with Crippen LogP contribution in [0.15, 0.2) is 29.2 Å². The Bertz CT molecular complexity index is 524. The van der Waals surface area contributed by atoms with E-state index in [0.717, 1.165) is 0 Å². The number of benzene rings is 1. The molecule has 2 N–H and O–H groups in total. The van der Waals surface area contributed by atoms with Gasteiger partial charge in [0.25, 0.3) is 0 Å². The van der Waals surface area contributed by atoms with Crippen LogP contribution in [-0.4, -0.2) is 23.2 Å². The lowest BCUT2D eigenvalue weighted by Crippen LogP contribution is -2.18. The number of carbonyl (C=O) groups is 1. The van der Waals surface area contributed by atoms with Crippen LogP contribution in [0.5, 0.6) is 0 Å². The van der Waals surface area contributed by atoms with Gasteiger partial charge in [-0.05, 0) is 18.1 Å². The van der Waals surface area contributed by atoms with E-state index in [2.05, 4.69) is 5.32 Å². The lowest BCUT2D eigenvalue weighted by Gasteiger charge is -2.12. The molecule has 6 heteroatoms. The molecule has 1 amide bonds. The molecule has 0 aliphatic rings. The van der Waals surface area contributed by atoms with Crippen molar-refractivity contribution in [1.82, 2.24) is 0 Å². The molecule has 0 radical (unpaired) electrons. The molecule has 1 unspecified atom stereocenters. The fourth-order valence-electron chi connectivity index (χ4n) is 1.30. The Morgan fingerprint density at radius 1 is 1.44 bits per heavy atom. The zero-order valence-electron chi connectivity index (χ0n) is 10.7. The van der Waals surface area contributed by atoms with Gasteiger partial charge in [0.05, 0.1) is 26.9 Å². The molecular weight excluding hydrogens is 252 g/mol. The van der Waals surface area contributed by atoms with Crippen LogP contribution < -0.4 is 5.32 Å². The molecule has 0 saturated carbocycles. The second-order valence-electron chi connectivity index (χ2n) is 4.46. The predicted octanol–water partition coefficient (Wildman–Crippen LogP) is 2.93. The maximum Gasteiger partial charge on any atom is 0.411 e. The fraction of sp³-hybridized carbons (Fsp3) is 0.417. The van der Waals surface area contributed by atoms with Crippen LogP contribution in [0.25, 0.3) is 0 Å². The zero-order chi connectivity index (χ0) is 13.8. The van der Waals surface area contributed by atoms with Gasteiger partial charge in [0, 0.05) is 6.26 Å². The molecule has 0 aliphatic carbocycles. The molecule has 0 bridgehead atoms. The second kappa shape index (κ2) is 5.86. The highest BCUT2D eigenvalue weighted by molar-refractivity contribution is 7.91. The van der Waals surface area contributed by atoms with Crippen molar-refractivity contribution < 1.29 is 13.7 Å². The number of amides is 1. The summed E-state index contributed by atoms with van der Waals surface area (Å²) in [4.78, 5) is 11.8. The maximum atomic E-state index is 11.7. The highest BCUT2D eigenvalue weighted by Crippen LogP contribution is 2.21. The zero-order valence-corrected chi connectivity index (χ0v) is 11.5. The van der Waals surface area contributed by atoms with Crippen molar-refractivity contribution in [2.45, 2.75) is 18.7 Å². The van der Waals surface area contributed by atoms with E-state index in [1.807, 2.05) is 13.8 Å². The quantitative estimate of drug-likeness (QED) is 0.882. The van der Waals surface area contributed by atoms with Crippen LogP contribution in [-0.2, 0) is 14.5 Å². The van der Waals surface area contributed by atoms with Crippen molar-refractivity contribution in [2.75, 3.05) is 18.2 Å². The molecule has 0 aliphatic heterocycles. The molecule has 1 aromatic rings. The van der Waals surface area contributed by atoms with Crippen molar-refractivity contribution in [1.29, 1.82) is 4.78 Å². The standard InChI is InChI=1S/C12H18N2O3S/c1-9(2)8-17-12(15)14-10-6-4-5-7-11(10)18(3,13)16/h4-7,9,13H,8H2,1-3H3,(H,14,15). The van der Waals surface area contributed by atoms with Gasteiger partial charge in [0.1, 0.15) is 0 Å². The first-order valence-electron chi connectivity index (χ1n) is 5.57. The first kappa shape index (κ1) is 14.5. The Morgan fingerprint density at radius 2 is 2.06 bits per heavy atom. The Labute approximate surface area is 108 Å². The number of anilines is 1. The summed E-state index contributed by atoms with van der Waals surface area (Å²) in [5, 5.41) is 2.51. The molecule has 0 aromatic heterocycles. The van der Waals surface area contributed by atoms with E-state index >= 15 is 0 Å². The van der Waals surface area contributed by atoms with Crippen LogP contribution in [0.4, 0.5) is 10.5 Å². The number of hydrogen-bond acceptors (Lipinski definition) is 4. The number of ether oxygens (including phenoxy) is 1. The van der Waals surface area contributed by atoms with Gasteiger partial charge >= 0.3 is 6.09 Å². The SMILES string of the molecule is CC(C)COC(=O)Nc1ccccc1S(C)(=N)=O. The minimum absolute atomic E-state index is 0.248. The van der Waals surface area contributed by atoms with Crippen LogP contribution in [0.2, 0.25) is 0 Å². The van der Waals surface area contributed by atoms with Gasteiger partial charge < -0.3 is 4.74 Å². The van der Waals surface area contributed by atoms with Gasteiger partial charge in [-0.1, -0.05) is 26.0 Å². The summed E-state index contributed by atoms with van der Waals surface area (Å²) in [7, 11) is -2.88. The lowest BCUT2D eigenvalue weighted by atomic mass is 10.2. The van der Waals surface area contributed by atoms with Crippen molar-refractivity contribution in [3.05, 3.63) is 24.3 Å². The summed E-state index contributed by atoms with van der Waals surface area (Å²) in [6.45, 7) is 4.18. The van der Waals surface area contributed by atoms with E-state index in [1.54, 1.807) is 24.3 Å². The van der Waals surface area contributed by atoms with E-state index in [4.69, 9.17) is 9.52 Å². The molecule has 1 aromatic carbocycles. The molecule has 0 fully saturated rings. The van der Waals surface area contributed by atoms with Gasteiger partial charge in [-0.15, -0.1) is 0 Å². The topological polar surface area (TPSA) is 79.2 Å². The summed E-state index contributed by atoms with van der Waals surface area (Å²) in [6.07, 6.45) is 0.715. The second-order valence-corrected chi connectivity index (χ2v) is 6.58. The monoisotopic (exact) mass is 270 g/mol. The van der Waals surface area contributed by atoms with Crippen LogP contribution in [0.3, 0.4) is 0 Å². The van der Waals surface area contributed by atoms with E-state index < -0.39 is 15.8 Å². The van der Waals surface area contributed by atoms with Crippen molar-refractivity contribution in [3.8, 4) is 0 Å². The van der Waals surface area contributed by atoms with Crippen molar-refractivity contribution in [2.24, 2.45) is 5.92 Å². The van der Waals surface area contributed by atoms with Crippen LogP contribution >= 0.6 is 0 Å². The third-order valence-electron chi connectivity index (χ3n) is 2.09. The molecule has 1 atom stereocenters. The van der Waals surface area contributed by atoms with E-state index in [0.29, 0.717) is 17.2 Å². The van der Waals surface area contributed by atoms with E-state index in [-0.39, 0.29) is 5.92 Å². The number of hydrogen-bond donors (Lipinski definition) is 2. The average Bonchev–Trinajstić information content (AvgIpc) is 2.25. The van der Waals surface area contributed by atoms with Crippen molar-refractivity contribution in [3.63, 3.8) is 0 Å². The third-order valence-corrected chi connectivity index (χ3v) is 3.29. The normalized spacial score (nSPS) is 14.0. The number of carbonyl (C=O) groups excluding carboxylic acids is 1. The van der Waals surface area contributed by atoms with Gasteiger partial charge in [-0.25, -0.2) is 13.8 Å². The summed E-state index contributed by atoms with van der Waals surface area (Å²) in [5.74, 6) is 0.248. The summed E-state index contributed by atoms with van der Waals surface area (Å²) >= 11 is 0. The fourth-order valence-corrected chi connectivity index (χ4v) is 2.17. The van der Waals surface area contributed by atoms with E-state index in [9.17, 15) is 9.00 Å². The molecule has 1 rings (SSSR count). The van der Waals surface area contributed by atoms with Gasteiger partial charge in [0.2, 0.25) is 0 Å². The molecule has 0 saturated heterocycles. The molecule has 100 valence electrons. The highest BCUT2D eigenvalue weighted by atomic mass is 32.2. The largest absolute Gasteiger partial charge is 0.449 e. The summed E-state index contributed by atoms with van der Waals surface area (Å²) in [5.41, 5.74) is 0.355. The Balaban J connectivity index is 2.82. The Hall–Kier alpha value is -1.56. The first-order chi connectivity index (χ1) is 8.30. The number of para-hydroxylation sites is 1. The Kier molecular flexibility index (Phi) is 4.72. The molecule has 5 nitrogen and oxygen atoms in total. The number of nitrogens with one attached hydrogen (secondary N) is 2. The molecular formula is C12H18N2O3S. The third kappa shape index (κ3) is 4.37. The highest BCUT2D eigenvalue weighted by Gasteiger charge is 2.12. The summed E-state index contributed by atoms with van der Waals surface area (Å²) < 4.78 is 24.3. The summed E-state index contributed by atoms with van der Waals surface area (Å²) in [6, 6.07) is 6.54. The maximum absolute atomic E-state index is 11.7. The smallest absolute Gasteiger partial charge is 0.411 e. The minimum Gasteiger partial charge on any atom is -0.449 e. The first-order valence-corrected chi connectivity index (χ1v) is 7.54. The minimum atomic E-state index is -2.88. The molecule has 0 spiro atoms. The van der Waals surface area contributed by atoms with Gasteiger partial charge in [-0.3, -0.25) is 5.32 Å². The molecule has 18 heavy (non-hydrogen) atoms. The Morgan fingerprint density at radius 3 is 2.61 bits per heavy atom. The van der Waals surface area contributed by atoms with E-state index in [1.165, 1.54) is 6.26 Å². The van der Waals surface area contributed by atoms with Gasteiger partial charge in [-0.2, -0.15) is 0 Å². The van der Waals surface area contributed by atoms with Crippen LogP contribution in [0.1, 0.15) is 13.8 Å². The molecule has 0 heterocycles.